The van der Waals surface area contributed by atoms with Gasteiger partial charge in [0.15, 0.2) is 6.61 Å². The summed E-state index contributed by atoms with van der Waals surface area (Å²) in [6, 6.07) is 10.2. The second-order valence-electron chi connectivity index (χ2n) is 8.65. The molecule has 1 heterocycles. The van der Waals surface area contributed by atoms with E-state index in [-0.39, 0.29) is 17.3 Å². The van der Waals surface area contributed by atoms with Gasteiger partial charge >= 0.3 is 12.2 Å². The summed E-state index contributed by atoms with van der Waals surface area (Å²) in [5.74, 6) is 0.0550. The first-order chi connectivity index (χ1) is 15.3. The van der Waals surface area contributed by atoms with Gasteiger partial charge in [-0.15, -0.1) is 0 Å². The lowest BCUT2D eigenvalue weighted by molar-refractivity contribution is -0.153. The van der Waals surface area contributed by atoms with E-state index in [0.29, 0.717) is 22.3 Å². The molecule has 3 rings (SSSR count). The van der Waals surface area contributed by atoms with Gasteiger partial charge in [0.05, 0.1) is 23.3 Å². The van der Waals surface area contributed by atoms with Crippen LogP contribution < -0.4 is 20.9 Å². The van der Waals surface area contributed by atoms with Crippen molar-refractivity contribution >= 4 is 22.8 Å². The maximum Gasteiger partial charge on any atom is 0.422 e. The highest BCUT2D eigenvalue weighted by Crippen LogP contribution is 2.26. The molecule has 2 aromatic carbocycles. The summed E-state index contributed by atoms with van der Waals surface area (Å²) in [4.78, 5) is 29.0. The van der Waals surface area contributed by atoms with Crippen LogP contribution in [0.25, 0.3) is 11.0 Å². The number of hydrogen-bond acceptors (Lipinski definition) is 4. The molecule has 0 aliphatic heterocycles. The number of hydrogen-bond donors (Lipinski definition) is 2. The standard InChI is InChI=1S/C23H25F3N4O3/c1-14(15-6-5-7-17(10-15)33-13-23(24,25)26)30-19-9-8-16(11-18(19)27-12-20(30)31)28-21(32)29-22(2,3)4/h5-12,14H,13H2,1-4H3,(H2,28,29,32)/t14-/m1/s1. The Balaban J connectivity index is 1.91. The third-order valence-corrected chi connectivity index (χ3v) is 4.66. The minimum absolute atomic E-state index is 0.0550. The van der Waals surface area contributed by atoms with E-state index in [1.807, 2.05) is 20.8 Å². The number of aromatic nitrogens is 2. The summed E-state index contributed by atoms with van der Waals surface area (Å²) in [5.41, 5.74) is 1.29. The number of halogens is 3. The van der Waals surface area contributed by atoms with E-state index < -0.39 is 24.4 Å². The number of rotatable bonds is 5. The fraction of sp³-hybridized carbons (Fsp3) is 0.348. The van der Waals surface area contributed by atoms with Gasteiger partial charge in [0.1, 0.15) is 5.75 Å². The predicted octanol–water partition coefficient (Wildman–Crippen LogP) is 4.87. The van der Waals surface area contributed by atoms with Crippen molar-refractivity contribution in [1.82, 2.24) is 14.9 Å². The maximum absolute atomic E-state index is 12.7. The number of benzene rings is 2. The van der Waals surface area contributed by atoms with Gasteiger partial charge < -0.3 is 15.4 Å². The molecule has 0 unspecified atom stereocenters. The SMILES string of the molecule is C[C@H](c1cccc(OCC(F)(F)F)c1)n1c(=O)cnc2cc(NC(=O)NC(C)(C)C)ccc21. The molecule has 0 fully saturated rings. The summed E-state index contributed by atoms with van der Waals surface area (Å²) in [6.07, 6.45) is -3.28. The molecule has 0 spiro atoms. The van der Waals surface area contributed by atoms with Gasteiger partial charge in [0.25, 0.3) is 5.56 Å². The van der Waals surface area contributed by atoms with Gasteiger partial charge in [-0.1, -0.05) is 12.1 Å². The van der Waals surface area contributed by atoms with E-state index in [4.69, 9.17) is 4.74 Å². The number of ether oxygens (including phenoxy) is 1. The van der Waals surface area contributed by atoms with Crippen LogP contribution in [0.2, 0.25) is 0 Å². The lowest BCUT2D eigenvalue weighted by Crippen LogP contribution is -2.43. The Labute approximate surface area is 188 Å². The number of fused-ring (bicyclic) bond motifs is 1. The van der Waals surface area contributed by atoms with Crippen molar-refractivity contribution in [3.05, 3.63) is 64.6 Å². The van der Waals surface area contributed by atoms with Crippen LogP contribution in [0.15, 0.2) is 53.5 Å². The van der Waals surface area contributed by atoms with Crippen LogP contribution in [-0.4, -0.2) is 33.9 Å². The molecule has 0 bridgehead atoms. The average Bonchev–Trinajstić information content (AvgIpc) is 2.70. The van der Waals surface area contributed by atoms with Gasteiger partial charge in [-0.05, 0) is 63.6 Å². The van der Waals surface area contributed by atoms with Crippen LogP contribution in [0, 0.1) is 0 Å². The van der Waals surface area contributed by atoms with Crippen molar-refractivity contribution in [2.24, 2.45) is 0 Å². The lowest BCUT2D eigenvalue weighted by Gasteiger charge is -2.21. The molecule has 176 valence electrons. The largest absolute Gasteiger partial charge is 0.484 e. The fourth-order valence-electron chi connectivity index (χ4n) is 3.29. The second-order valence-corrected chi connectivity index (χ2v) is 8.65. The highest BCUT2D eigenvalue weighted by atomic mass is 19.4. The van der Waals surface area contributed by atoms with Gasteiger partial charge in [0.2, 0.25) is 0 Å². The van der Waals surface area contributed by atoms with Crippen molar-refractivity contribution in [1.29, 1.82) is 0 Å². The minimum Gasteiger partial charge on any atom is -0.484 e. The zero-order valence-electron chi connectivity index (χ0n) is 18.7. The zero-order valence-corrected chi connectivity index (χ0v) is 18.7. The Hall–Kier alpha value is -3.56. The van der Waals surface area contributed by atoms with E-state index in [1.54, 1.807) is 37.3 Å². The molecular formula is C23H25F3N4O3. The van der Waals surface area contributed by atoms with Crippen molar-refractivity contribution in [2.45, 2.75) is 45.5 Å². The number of carbonyl (C=O) groups is 1. The topological polar surface area (TPSA) is 85.2 Å². The first-order valence-electron chi connectivity index (χ1n) is 10.2. The Morgan fingerprint density at radius 3 is 2.55 bits per heavy atom. The molecule has 1 aromatic heterocycles. The quantitative estimate of drug-likeness (QED) is 0.567. The molecule has 2 amide bonds. The number of nitrogens with one attached hydrogen (secondary N) is 2. The van der Waals surface area contributed by atoms with Crippen molar-refractivity contribution in [2.75, 3.05) is 11.9 Å². The molecular weight excluding hydrogens is 437 g/mol. The van der Waals surface area contributed by atoms with Crippen molar-refractivity contribution in [3.63, 3.8) is 0 Å². The van der Waals surface area contributed by atoms with E-state index >= 15 is 0 Å². The molecule has 0 radical (unpaired) electrons. The monoisotopic (exact) mass is 462 g/mol. The first-order valence-corrected chi connectivity index (χ1v) is 10.2. The van der Waals surface area contributed by atoms with E-state index in [9.17, 15) is 22.8 Å². The summed E-state index contributed by atoms with van der Waals surface area (Å²) in [7, 11) is 0. The number of alkyl halides is 3. The lowest BCUT2D eigenvalue weighted by atomic mass is 10.1. The van der Waals surface area contributed by atoms with Crippen LogP contribution in [0.3, 0.4) is 0 Å². The molecule has 0 saturated carbocycles. The van der Waals surface area contributed by atoms with Crippen LogP contribution in [-0.2, 0) is 0 Å². The summed E-state index contributed by atoms with van der Waals surface area (Å²) in [6.45, 7) is 5.93. The molecule has 2 N–H and O–H groups in total. The predicted molar refractivity (Wildman–Crippen MR) is 120 cm³/mol. The molecule has 33 heavy (non-hydrogen) atoms. The molecule has 1 atom stereocenters. The molecule has 7 nitrogen and oxygen atoms in total. The summed E-state index contributed by atoms with van der Waals surface area (Å²) < 4.78 is 43.8. The maximum atomic E-state index is 12.7. The highest BCUT2D eigenvalue weighted by molar-refractivity contribution is 5.92. The van der Waals surface area contributed by atoms with Gasteiger partial charge in [-0.3, -0.25) is 9.36 Å². The minimum atomic E-state index is -4.45. The normalized spacial score (nSPS) is 12.9. The smallest absolute Gasteiger partial charge is 0.422 e. The molecule has 3 aromatic rings. The number of amides is 2. The number of carbonyl (C=O) groups excluding carboxylic acids is 1. The van der Waals surface area contributed by atoms with Gasteiger partial charge in [-0.2, -0.15) is 13.2 Å². The van der Waals surface area contributed by atoms with E-state index in [0.717, 1.165) is 0 Å². The van der Waals surface area contributed by atoms with Gasteiger partial charge in [-0.25, -0.2) is 9.78 Å². The fourth-order valence-corrected chi connectivity index (χ4v) is 3.29. The van der Waals surface area contributed by atoms with Gasteiger partial charge in [0, 0.05) is 11.2 Å². The van der Waals surface area contributed by atoms with Crippen molar-refractivity contribution in [3.8, 4) is 5.75 Å². The number of urea groups is 1. The molecule has 10 heteroatoms. The van der Waals surface area contributed by atoms with E-state index in [1.165, 1.54) is 22.9 Å². The third-order valence-electron chi connectivity index (χ3n) is 4.66. The Morgan fingerprint density at radius 1 is 1.15 bits per heavy atom. The second kappa shape index (κ2) is 9.13. The Morgan fingerprint density at radius 2 is 1.88 bits per heavy atom. The summed E-state index contributed by atoms with van der Waals surface area (Å²) >= 11 is 0. The van der Waals surface area contributed by atoms with Crippen LogP contribution in [0.1, 0.15) is 39.3 Å². The Kier molecular flexibility index (Phi) is 6.66. The zero-order chi connectivity index (χ0) is 24.4. The van der Waals surface area contributed by atoms with Crippen LogP contribution >= 0.6 is 0 Å². The third kappa shape index (κ3) is 6.47. The molecule has 0 saturated heterocycles. The molecule has 0 aliphatic rings. The number of anilines is 1. The van der Waals surface area contributed by atoms with Crippen molar-refractivity contribution < 1.29 is 22.7 Å². The molecule has 0 aliphatic carbocycles. The van der Waals surface area contributed by atoms with E-state index in [2.05, 4.69) is 15.6 Å². The Bertz CT molecular complexity index is 1220. The summed E-state index contributed by atoms with van der Waals surface area (Å²) in [5, 5.41) is 5.53. The van der Waals surface area contributed by atoms with Crippen LogP contribution in [0.4, 0.5) is 23.7 Å². The van der Waals surface area contributed by atoms with Crippen LogP contribution in [0.5, 0.6) is 5.75 Å². The number of nitrogens with zero attached hydrogens (tertiary/aromatic N) is 2. The first kappa shape index (κ1) is 24.1. The average molecular weight is 462 g/mol. The highest BCUT2D eigenvalue weighted by Gasteiger charge is 2.28.